The zero-order valence-corrected chi connectivity index (χ0v) is 11.2. The van der Waals surface area contributed by atoms with Crippen LogP contribution < -0.4 is 0 Å². The Balaban J connectivity index is 1.94. The standard InChI is InChI=1S/C14H18N2O4/c17-14(18)8-7-12-2-1-9-15(12)10-11-3-5-13(6-4-11)16(19)20/h3-6,12H,1-2,7-10H2,(H,17,18). The lowest BCUT2D eigenvalue weighted by atomic mass is 10.1. The quantitative estimate of drug-likeness (QED) is 0.638. The van der Waals surface area contributed by atoms with Gasteiger partial charge >= 0.3 is 5.97 Å². The highest BCUT2D eigenvalue weighted by molar-refractivity contribution is 5.66. The molecule has 0 spiro atoms. The third kappa shape index (κ3) is 3.77. The Morgan fingerprint density at radius 3 is 2.70 bits per heavy atom. The van der Waals surface area contributed by atoms with Crippen LogP contribution in [0.2, 0.25) is 0 Å². The first-order valence-electron chi connectivity index (χ1n) is 6.75. The Kier molecular flexibility index (Phi) is 4.68. The molecule has 1 aliphatic heterocycles. The van der Waals surface area contributed by atoms with Crippen LogP contribution >= 0.6 is 0 Å². The van der Waals surface area contributed by atoms with E-state index in [1.54, 1.807) is 12.1 Å². The van der Waals surface area contributed by atoms with E-state index in [1.807, 2.05) is 0 Å². The molecule has 0 aromatic heterocycles. The van der Waals surface area contributed by atoms with Crippen LogP contribution in [0, 0.1) is 10.1 Å². The number of likely N-dealkylation sites (tertiary alicyclic amines) is 1. The summed E-state index contributed by atoms with van der Waals surface area (Å²) in [6.07, 6.45) is 2.97. The second kappa shape index (κ2) is 6.47. The van der Waals surface area contributed by atoms with Gasteiger partial charge in [-0.15, -0.1) is 0 Å². The Labute approximate surface area is 117 Å². The molecule has 1 heterocycles. The van der Waals surface area contributed by atoms with Crippen LogP contribution in [0.25, 0.3) is 0 Å². The molecule has 0 bridgehead atoms. The van der Waals surface area contributed by atoms with Crippen molar-refractivity contribution in [3.63, 3.8) is 0 Å². The number of hydrogen-bond acceptors (Lipinski definition) is 4. The highest BCUT2D eigenvalue weighted by atomic mass is 16.6. The molecule has 20 heavy (non-hydrogen) atoms. The second-order valence-electron chi connectivity index (χ2n) is 5.12. The number of non-ortho nitro benzene ring substituents is 1. The number of nitro groups is 1. The summed E-state index contributed by atoms with van der Waals surface area (Å²) in [5.74, 6) is -0.757. The predicted molar refractivity (Wildman–Crippen MR) is 73.4 cm³/mol. The number of aliphatic carboxylic acids is 1. The van der Waals surface area contributed by atoms with Gasteiger partial charge in [-0.3, -0.25) is 19.8 Å². The number of rotatable bonds is 6. The van der Waals surface area contributed by atoms with Crippen LogP contribution in [0.15, 0.2) is 24.3 Å². The molecule has 2 rings (SSSR count). The summed E-state index contributed by atoms with van der Waals surface area (Å²) in [4.78, 5) is 23.1. The van der Waals surface area contributed by atoms with E-state index in [0.717, 1.165) is 31.5 Å². The van der Waals surface area contributed by atoms with Crippen molar-refractivity contribution in [1.29, 1.82) is 0 Å². The van der Waals surface area contributed by atoms with Gasteiger partial charge in [-0.05, 0) is 31.4 Å². The highest BCUT2D eigenvalue weighted by Crippen LogP contribution is 2.24. The Morgan fingerprint density at radius 1 is 1.40 bits per heavy atom. The lowest BCUT2D eigenvalue weighted by molar-refractivity contribution is -0.384. The molecule has 1 N–H and O–H groups in total. The molecule has 1 atom stereocenters. The molecule has 0 saturated carbocycles. The predicted octanol–water partition coefficient (Wildman–Crippen LogP) is 2.42. The number of benzene rings is 1. The molecule has 6 nitrogen and oxygen atoms in total. The molecule has 1 aliphatic rings. The average molecular weight is 278 g/mol. The lowest BCUT2D eigenvalue weighted by Crippen LogP contribution is -2.29. The van der Waals surface area contributed by atoms with Crippen molar-refractivity contribution in [2.24, 2.45) is 0 Å². The van der Waals surface area contributed by atoms with Gasteiger partial charge in [0.15, 0.2) is 0 Å². The van der Waals surface area contributed by atoms with Gasteiger partial charge < -0.3 is 5.11 Å². The fourth-order valence-electron chi connectivity index (χ4n) is 2.68. The molecule has 0 amide bonds. The Morgan fingerprint density at radius 2 is 2.10 bits per heavy atom. The van der Waals surface area contributed by atoms with E-state index in [2.05, 4.69) is 4.90 Å². The van der Waals surface area contributed by atoms with Gasteiger partial charge in [0.25, 0.3) is 5.69 Å². The third-order valence-electron chi connectivity index (χ3n) is 3.72. The van der Waals surface area contributed by atoms with Crippen LogP contribution in [-0.2, 0) is 11.3 Å². The summed E-state index contributed by atoms with van der Waals surface area (Å²) >= 11 is 0. The molecule has 1 unspecified atom stereocenters. The van der Waals surface area contributed by atoms with Crippen molar-refractivity contribution in [3.8, 4) is 0 Å². The number of nitrogens with zero attached hydrogens (tertiary/aromatic N) is 2. The Hall–Kier alpha value is -1.95. The van der Waals surface area contributed by atoms with Gasteiger partial charge in [0.1, 0.15) is 0 Å². The van der Waals surface area contributed by atoms with Gasteiger partial charge in [0.05, 0.1) is 4.92 Å². The number of carboxylic acid groups (broad SMARTS) is 1. The first kappa shape index (κ1) is 14.5. The number of hydrogen-bond donors (Lipinski definition) is 1. The normalized spacial score (nSPS) is 19.1. The maximum Gasteiger partial charge on any atom is 0.303 e. The first-order chi connectivity index (χ1) is 9.56. The summed E-state index contributed by atoms with van der Waals surface area (Å²) in [5.41, 5.74) is 1.12. The van der Waals surface area contributed by atoms with Crippen molar-refractivity contribution in [1.82, 2.24) is 4.90 Å². The molecule has 1 saturated heterocycles. The fourth-order valence-corrected chi connectivity index (χ4v) is 2.68. The van der Waals surface area contributed by atoms with Gasteiger partial charge in [-0.25, -0.2) is 0 Å². The van der Waals surface area contributed by atoms with Crippen molar-refractivity contribution in [2.75, 3.05) is 6.54 Å². The Bertz CT molecular complexity index is 486. The number of carboxylic acids is 1. The van der Waals surface area contributed by atoms with Crippen LogP contribution in [0.4, 0.5) is 5.69 Å². The summed E-state index contributed by atoms with van der Waals surface area (Å²) in [7, 11) is 0. The van der Waals surface area contributed by atoms with E-state index in [0.29, 0.717) is 12.5 Å². The molecule has 6 heteroatoms. The third-order valence-corrected chi connectivity index (χ3v) is 3.72. The molecule has 1 aromatic carbocycles. The van der Waals surface area contributed by atoms with Crippen LogP contribution in [0.1, 0.15) is 31.2 Å². The molecular formula is C14H18N2O4. The van der Waals surface area contributed by atoms with E-state index >= 15 is 0 Å². The maximum atomic E-state index is 10.6. The van der Waals surface area contributed by atoms with E-state index in [1.165, 1.54) is 12.1 Å². The van der Waals surface area contributed by atoms with E-state index < -0.39 is 10.9 Å². The van der Waals surface area contributed by atoms with Gasteiger partial charge in [0.2, 0.25) is 0 Å². The zero-order chi connectivity index (χ0) is 14.5. The minimum atomic E-state index is -0.757. The molecule has 0 radical (unpaired) electrons. The first-order valence-corrected chi connectivity index (χ1v) is 6.75. The lowest BCUT2D eigenvalue weighted by Gasteiger charge is -2.24. The summed E-state index contributed by atoms with van der Waals surface area (Å²) in [6, 6.07) is 6.87. The highest BCUT2D eigenvalue weighted by Gasteiger charge is 2.24. The van der Waals surface area contributed by atoms with Gasteiger partial charge in [-0.1, -0.05) is 12.1 Å². The van der Waals surface area contributed by atoms with Crippen molar-refractivity contribution < 1.29 is 14.8 Å². The smallest absolute Gasteiger partial charge is 0.303 e. The second-order valence-corrected chi connectivity index (χ2v) is 5.12. The van der Waals surface area contributed by atoms with Crippen LogP contribution in [0.5, 0.6) is 0 Å². The fraction of sp³-hybridized carbons (Fsp3) is 0.500. The van der Waals surface area contributed by atoms with E-state index in [9.17, 15) is 14.9 Å². The summed E-state index contributed by atoms with van der Waals surface area (Å²) in [6.45, 7) is 1.68. The van der Waals surface area contributed by atoms with E-state index in [4.69, 9.17) is 5.11 Å². The van der Waals surface area contributed by atoms with E-state index in [-0.39, 0.29) is 12.1 Å². The molecular weight excluding hydrogens is 260 g/mol. The zero-order valence-electron chi connectivity index (χ0n) is 11.2. The molecule has 0 aliphatic carbocycles. The van der Waals surface area contributed by atoms with Gasteiger partial charge in [0, 0.05) is 31.1 Å². The van der Waals surface area contributed by atoms with Crippen molar-refractivity contribution in [3.05, 3.63) is 39.9 Å². The number of nitro benzene ring substituents is 1. The summed E-state index contributed by atoms with van der Waals surface area (Å²) < 4.78 is 0. The average Bonchev–Trinajstić information content (AvgIpc) is 2.84. The van der Waals surface area contributed by atoms with Crippen molar-refractivity contribution in [2.45, 2.75) is 38.3 Å². The maximum absolute atomic E-state index is 10.6. The van der Waals surface area contributed by atoms with Gasteiger partial charge in [-0.2, -0.15) is 0 Å². The van der Waals surface area contributed by atoms with Crippen molar-refractivity contribution >= 4 is 11.7 Å². The summed E-state index contributed by atoms with van der Waals surface area (Å²) in [5, 5.41) is 19.3. The SMILES string of the molecule is O=C(O)CCC1CCCN1Cc1ccc([N+](=O)[O-])cc1. The molecule has 108 valence electrons. The minimum Gasteiger partial charge on any atom is -0.481 e. The van der Waals surface area contributed by atoms with Crippen LogP contribution in [-0.4, -0.2) is 33.5 Å². The monoisotopic (exact) mass is 278 g/mol. The topological polar surface area (TPSA) is 83.7 Å². The number of carbonyl (C=O) groups is 1. The molecule has 1 aromatic rings. The van der Waals surface area contributed by atoms with Crippen LogP contribution in [0.3, 0.4) is 0 Å². The minimum absolute atomic E-state index is 0.0950. The molecule has 1 fully saturated rings. The largest absolute Gasteiger partial charge is 0.481 e.